The fourth-order valence-electron chi connectivity index (χ4n) is 1.70. The number of benzene rings is 1. The van der Waals surface area contributed by atoms with Crippen molar-refractivity contribution in [2.75, 3.05) is 6.61 Å². The Hall–Kier alpha value is -1.44. The van der Waals surface area contributed by atoms with E-state index < -0.39 is 0 Å². The van der Waals surface area contributed by atoms with Crippen LogP contribution in [-0.2, 0) is 0 Å². The summed E-state index contributed by atoms with van der Waals surface area (Å²) in [5, 5.41) is 0. The molecule has 0 aliphatic carbocycles. The lowest BCUT2D eigenvalue weighted by atomic mass is 10.1. The second-order valence-corrected chi connectivity index (χ2v) is 3.72. The molecular formula is C13H16O2. The molecule has 0 radical (unpaired) electrons. The molecule has 1 aliphatic heterocycles. The van der Waals surface area contributed by atoms with Gasteiger partial charge < -0.3 is 9.47 Å². The highest BCUT2D eigenvalue weighted by Crippen LogP contribution is 2.31. The number of ether oxygens (including phenoxy) is 2. The fourth-order valence-corrected chi connectivity index (χ4v) is 1.70. The van der Waals surface area contributed by atoms with Crippen LogP contribution in [0.2, 0.25) is 0 Å². The number of rotatable bonds is 4. The van der Waals surface area contributed by atoms with E-state index in [1.54, 1.807) is 0 Å². The van der Waals surface area contributed by atoms with Crippen molar-refractivity contribution in [3.05, 3.63) is 36.9 Å². The Morgan fingerprint density at radius 2 is 2.13 bits per heavy atom. The molecule has 15 heavy (non-hydrogen) atoms. The van der Waals surface area contributed by atoms with Gasteiger partial charge in [-0.2, -0.15) is 0 Å². The van der Waals surface area contributed by atoms with Crippen molar-refractivity contribution in [3.8, 4) is 11.5 Å². The van der Waals surface area contributed by atoms with Crippen LogP contribution in [0.5, 0.6) is 11.5 Å². The van der Waals surface area contributed by atoms with Gasteiger partial charge in [0, 0.05) is 0 Å². The van der Waals surface area contributed by atoms with E-state index in [1.807, 2.05) is 30.3 Å². The molecule has 0 fully saturated rings. The van der Waals surface area contributed by atoms with Crippen LogP contribution in [-0.4, -0.2) is 12.7 Å². The number of hydrogen-bond acceptors (Lipinski definition) is 2. The van der Waals surface area contributed by atoms with Crippen molar-refractivity contribution in [2.24, 2.45) is 0 Å². The van der Waals surface area contributed by atoms with Gasteiger partial charge in [-0.15, -0.1) is 6.58 Å². The Kier molecular flexibility index (Phi) is 3.28. The first-order valence-corrected chi connectivity index (χ1v) is 5.39. The zero-order valence-electron chi connectivity index (χ0n) is 8.82. The maximum absolute atomic E-state index is 5.82. The zero-order valence-corrected chi connectivity index (χ0v) is 8.82. The van der Waals surface area contributed by atoms with E-state index in [-0.39, 0.29) is 6.10 Å². The van der Waals surface area contributed by atoms with Gasteiger partial charge in [0.1, 0.15) is 12.7 Å². The summed E-state index contributed by atoms with van der Waals surface area (Å²) in [6.45, 7) is 4.37. The summed E-state index contributed by atoms with van der Waals surface area (Å²) in [7, 11) is 0. The summed E-state index contributed by atoms with van der Waals surface area (Å²) in [6, 6.07) is 7.82. The highest BCUT2D eigenvalue weighted by atomic mass is 16.6. The van der Waals surface area contributed by atoms with Gasteiger partial charge in [-0.25, -0.2) is 0 Å². The van der Waals surface area contributed by atoms with Crippen LogP contribution < -0.4 is 9.47 Å². The standard InChI is InChI=1S/C13H16O2/c1-2-3-4-7-11-10-14-12-8-5-6-9-13(12)15-11/h2,5-6,8-9,11H,1,3-4,7,10H2. The van der Waals surface area contributed by atoms with Crippen molar-refractivity contribution < 1.29 is 9.47 Å². The molecule has 0 saturated carbocycles. The lowest BCUT2D eigenvalue weighted by molar-refractivity contribution is 0.0836. The lowest BCUT2D eigenvalue weighted by Crippen LogP contribution is -2.28. The van der Waals surface area contributed by atoms with Gasteiger partial charge >= 0.3 is 0 Å². The van der Waals surface area contributed by atoms with E-state index >= 15 is 0 Å². The number of para-hydroxylation sites is 2. The molecule has 0 N–H and O–H groups in total. The topological polar surface area (TPSA) is 18.5 Å². The minimum absolute atomic E-state index is 0.194. The quantitative estimate of drug-likeness (QED) is 0.554. The molecule has 2 heteroatoms. The second-order valence-electron chi connectivity index (χ2n) is 3.72. The maximum atomic E-state index is 5.82. The highest BCUT2D eigenvalue weighted by molar-refractivity contribution is 5.40. The number of unbranched alkanes of at least 4 members (excludes halogenated alkanes) is 1. The average molecular weight is 204 g/mol. The maximum Gasteiger partial charge on any atom is 0.161 e. The second kappa shape index (κ2) is 4.87. The molecule has 0 amide bonds. The first-order valence-electron chi connectivity index (χ1n) is 5.39. The number of fused-ring (bicyclic) bond motifs is 1. The van der Waals surface area contributed by atoms with Crippen LogP contribution in [0.3, 0.4) is 0 Å². The Morgan fingerprint density at radius 1 is 1.33 bits per heavy atom. The summed E-state index contributed by atoms with van der Waals surface area (Å²) in [4.78, 5) is 0. The Bertz CT molecular complexity index is 333. The van der Waals surface area contributed by atoms with Crippen molar-refractivity contribution in [1.29, 1.82) is 0 Å². The molecule has 0 aromatic heterocycles. The summed E-state index contributed by atoms with van der Waals surface area (Å²) >= 11 is 0. The predicted octanol–water partition coefficient (Wildman–Crippen LogP) is 3.18. The van der Waals surface area contributed by atoms with Gasteiger partial charge in [0.15, 0.2) is 11.5 Å². The van der Waals surface area contributed by atoms with E-state index in [0.29, 0.717) is 6.61 Å². The van der Waals surface area contributed by atoms with Crippen LogP contribution in [0.15, 0.2) is 36.9 Å². The molecule has 0 spiro atoms. The third kappa shape index (κ3) is 2.52. The average Bonchev–Trinajstić information content (AvgIpc) is 2.29. The Balaban J connectivity index is 1.91. The SMILES string of the molecule is C=CCCCC1COc2ccccc2O1. The predicted molar refractivity (Wildman–Crippen MR) is 60.4 cm³/mol. The lowest BCUT2D eigenvalue weighted by Gasteiger charge is -2.26. The zero-order chi connectivity index (χ0) is 10.5. The fraction of sp³-hybridized carbons (Fsp3) is 0.385. The molecule has 0 saturated heterocycles. The first kappa shape index (κ1) is 10.1. The van der Waals surface area contributed by atoms with E-state index in [1.165, 1.54) is 0 Å². The van der Waals surface area contributed by atoms with Gasteiger partial charge in [0.25, 0.3) is 0 Å². The van der Waals surface area contributed by atoms with Crippen molar-refractivity contribution in [3.63, 3.8) is 0 Å². The van der Waals surface area contributed by atoms with Crippen LogP contribution in [0.1, 0.15) is 19.3 Å². The molecule has 1 aromatic carbocycles. The summed E-state index contributed by atoms with van der Waals surface area (Å²) in [6.07, 6.45) is 5.32. The monoisotopic (exact) mass is 204 g/mol. The van der Waals surface area contributed by atoms with Crippen LogP contribution in [0, 0.1) is 0 Å². The van der Waals surface area contributed by atoms with Crippen LogP contribution in [0.4, 0.5) is 0 Å². The third-order valence-electron chi connectivity index (χ3n) is 2.50. The molecule has 2 nitrogen and oxygen atoms in total. The van der Waals surface area contributed by atoms with Crippen molar-refractivity contribution in [2.45, 2.75) is 25.4 Å². The van der Waals surface area contributed by atoms with E-state index in [0.717, 1.165) is 30.8 Å². The minimum atomic E-state index is 0.194. The minimum Gasteiger partial charge on any atom is -0.486 e. The highest BCUT2D eigenvalue weighted by Gasteiger charge is 2.19. The van der Waals surface area contributed by atoms with Gasteiger partial charge in [-0.1, -0.05) is 18.2 Å². The number of allylic oxidation sites excluding steroid dienone is 1. The Morgan fingerprint density at radius 3 is 2.93 bits per heavy atom. The molecule has 2 rings (SSSR count). The molecule has 0 bridgehead atoms. The van der Waals surface area contributed by atoms with E-state index in [4.69, 9.17) is 9.47 Å². The van der Waals surface area contributed by atoms with Gasteiger partial charge in [0.05, 0.1) is 0 Å². The summed E-state index contributed by atoms with van der Waals surface area (Å²) in [5.74, 6) is 1.73. The van der Waals surface area contributed by atoms with Crippen LogP contribution in [0.25, 0.3) is 0 Å². The molecular weight excluding hydrogens is 188 g/mol. The molecule has 1 aliphatic rings. The largest absolute Gasteiger partial charge is 0.486 e. The van der Waals surface area contributed by atoms with Crippen molar-refractivity contribution in [1.82, 2.24) is 0 Å². The molecule has 1 atom stereocenters. The van der Waals surface area contributed by atoms with Gasteiger partial charge in [-0.05, 0) is 31.4 Å². The first-order chi connectivity index (χ1) is 7.40. The smallest absolute Gasteiger partial charge is 0.161 e. The summed E-state index contributed by atoms with van der Waals surface area (Å²) in [5.41, 5.74) is 0. The van der Waals surface area contributed by atoms with E-state index in [9.17, 15) is 0 Å². The van der Waals surface area contributed by atoms with Crippen LogP contribution >= 0.6 is 0 Å². The van der Waals surface area contributed by atoms with Gasteiger partial charge in [-0.3, -0.25) is 0 Å². The van der Waals surface area contributed by atoms with E-state index in [2.05, 4.69) is 6.58 Å². The van der Waals surface area contributed by atoms with Crippen molar-refractivity contribution >= 4 is 0 Å². The van der Waals surface area contributed by atoms with Gasteiger partial charge in [0.2, 0.25) is 0 Å². The third-order valence-corrected chi connectivity index (χ3v) is 2.50. The normalized spacial score (nSPS) is 18.5. The molecule has 80 valence electrons. The molecule has 1 unspecified atom stereocenters. The Labute approximate surface area is 90.5 Å². The molecule has 1 aromatic rings. The summed E-state index contributed by atoms with van der Waals surface area (Å²) < 4.78 is 11.4. The number of hydrogen-bond donors (Lipinski definition) is 0. The molecule has 1 heterocycles.